The van der Waals surface area contributed by atoms with Gasteiger partial charge in [-0.25, -0.2) is 0 Å². The fourth-order valence-corrected chi connectivity index (χ4v) is 2.36. The highest BCUT2D eigenvalue weighted by Crippen LogP contribution is 2.33. The van der Waals surface area contributed by atoms with E-state index in [4.69, 9.17) is 5.73 Å². The number of nitrogen functional groups attached to an aromatic ring is 1. The molecule has 1 atom stereocenters. The molecule has 0 saturated heterocycles. The second-order valence-electron chi connectivity index (χ2n) is 6.65. The molecule has 3 heteroatoms. The number of benzene rings is 1. The van der Waals surface area contributed by atoms with E-state index in [1.807, 2.05) is 23.1 Å². The number of hydrogen-bond acceptors (Lipinski definition) is 2. The minimum absolute atomic E-state index is 0.166. The molecule has 2 rings (SSSR count). The van der Waals surface area contributed by atoms with Gasteiger partial charge in [-0.1, -0.05) is 27.7 Å². The van der Waals surface area contributed by atoms with E-state index in [0.717, 1.165) is 24.3 Å². The second-order valence-corrected chi connectivity index (χ2v) is 6.65. The van der Waals surface area contributed by atoms with E-state index >= 15 is 0 Å². The number of carbonyl (C=O) groups excluding carboxylic acids is 1. The molecule has 0 fully saturated rings. The van der Waals surface area contributed by atoms with Gasteiger partial charge in [0.25, 0.3) is 0 Å². The summed E-state index contributed by atoms with van der Waals surface area (Å²) in [7, 11) is 0. The molecule has 1 aliphatic rings. The van der Waals surface area contributed by atoms with E-state index in [9.17, 15) is 4.79 Å². The molecule has 104 valence electrons. The lowest BCUT2D eigenvalue weighted by atomic mass is 9.80. The van der Waals surface area contributed by atoms with Gasteiger partial charge in [-0.2, -0.15) is 0 Å². The molecule has 1 aliphatic heterocycles. The highest BCUT2D eigenvalue weighted by Gasteiger charge is 2.29. The van der Waals surface area contributed by atoms with Crippen LogP contribution in [0, 0.1) is 11.3 Å². The van der Waals surface area contributed by atoms with E-state index in [2.05, 4.69) is 27.7 Å². The summed E-state index contributed by atoms with van der Waals surface area (Å²) < 4.78 is 0. The number of nitrogens with zero attached hydrogens (tertiary/aromatic N) is 1. The molecule has 0 aromatic heterocycles. The molecule has 1 amide bonds. The predicted octanol–water partition coefficient (Wildman–Crippen LogP) is 3.23. The Morgan fingerprint density at radius 3 is 2.74 bits per heavy atom. The molecule has 1 unspecified atom stereocenters. The van der Waals surface area contributed by atoms with Gasteiger partial charge in [0.2, 0.25) is 5.91 Å². The first-order valence-electron chi connectivity index (χ1n) is 6.98. The second kappa shape index (κ2) is 4.87. The van der Waals surface area contributed by atoms with Gasteiger partial charge in [0.05, 0.1) is 0 Å². The number of fused-ring (bicyclic) bond motifs is 1. The highest BCUT2D eigenvalue weighted by atomic mass is 16.2. The predicted molar refractivity (Wildman–Crippen MR) is 80.1 cm³/mol. The molecular formula is C16H24N2O. The first kappa shape index (κ1) is 13.9. The van der Waals surface area contributed by atoms with Crippen molar-refractivity contribution in [3.8, 4) is 0 Å². The number of anilines is 2. The molecule has 1 heterocycles. The summed E-state index contributed by atoms with van der Waals surface area (Å²) in [6.07, 6.45) is 1.52. The Morgan fingerprint density at radius 1 is 1.42 bits per heavy atom. The smallest absolute Gasteiger partial charge is 0.227 e. The Hall–Kier alpha value is -1.51. The van der Waals surface area contributed by atoms with E-state index < -0.39 is 0 Å². The summed E-state index contributed by atoms with van der Waals surface area (Å²) >= 11 is 0. The molecule has 1 aromatic carbocycles. The molecule has 0 radical (unpaired) electrons. The van der Waals surface area contributed by atoms with Crippen LogP contribution in [0.4, 0.5) is 11.4 Å². The van der Waals surface area contributed by atoms with Gasteiger partial charge in [0.15, 0.2) is 0 Å². The van der Waals surface area contributed by atoms with Gasteiger partial charge in [-0.15, -0.1) is 0 Å². The van der Waals surface area contributed by atoms with Gasteiger partial charge in [-0.05, 0) is 41.5 Å². The molecule has 0 aliphatic carbocycles. The van der Waals surface area contributed by atoms with Crippen LogP contribution >= 0.6 is 0 Å². The van der Waals surface area contributed by atoms with Crippen LogP contribution in [0.2, 0.25) is 0 Å². The molecule has 1 aromatic rings. The molecule has 3 nitrogen and oxygen atoms in total. The Balaban J connectivity index is 2.11. The average Bonchev–Trinajstić information content (AvgIpc) is 2.70. The zero-order valence-electron chi connectivity index (χ0n) is 12.4. The van der Waals surface area contributed by atoms with Crippen molar-refractivity contribution in [1.82, 2.24) is 0 Å². The zero-order valence-corrected chi connectivity index (χ0v) is 12.4. The first-order chi connectivity index (χ1) is 8.79. The summed E-state index contributed by atoms with van der Waals surface area (Å²) in [6.45, 7) is 9.49. The summed E-state index contributed by atoms with van der Waals surface area (Å²) in [6, 6.07) is 5.82. The minimum Gasteiger partial charge on any atom is -0.399 e. The normalized spacial score (nSPS) is 16.3. The van der Waals surface area contributed by atoms with Crippen molar-refractivity contribution < 1.29 is 4.79 Å². The van der Waals surface area contributed by atoms with Gasteiger partial charge < -0.3 is 10.6 Å². The van der Waals surface area contributed by atoms with Crippen LogP contribution in [-0.2, 0) is 11.2 Å². The van der Waals surface area contributed by atoms with Crippen LogP contribution in [0.3, 0.4) is 0 Å². The van der Waals surface area contributed by atoms with Crippen LogP contribution in [0.25, 0.3) is 0 Å². The van der Waals surface area contributed by atoms with E-state index in [1.54, 1.807) is 0 Å². The summed E-state index contributed by atoms with van der Waals surface area (Å²) in [5, 5.41) is 0. The number of rotatable bonds is 2. The maximum absolute atomic E-state index is 12.4. The van der Waals surface area contributed by atoms with Crippen LogP contribution in [-0.4, -0.2) is 12.5 Å². The van der Waals surface area contributed by atoms with Crippen LogP contribution in [0.15, 0.2) is 18.2 Å². The fraction of sp³-hybridized carbons (Fsp3) is 0.562. The van der Waals surface area contributed by atoms with Gasteiger partial charge in [0, 0.05) is 24.3 Å². The van der Waals surface area contributed by atoms with Crippen molar-refractivity contribution in [2.75, 3.05) is 17.2 Å². The third kappa shape index (κ3) is 2.91. The Labute approximate surface area is 115 Å². The van der Waals surface area contributed by atoms with E-state index in [0.29, 0.717) is 12.3 Å². The van der Waals surface area contributed by atoms with Crippen LogP contribution in [0.1, 0.15) is 39.7 Å². The summed E-state index contributed by atoms with van der Waals surface area (Å²) in [4.78, 5) is 14.4. The van der Waals surface area contributed by atoms with Crippen molar-refractivity contribution >= 4 is 17.3 Å². The monoisotopic (exact) mass is 260 g/mol. The van der Waals surface area contributed by atoms with Crippen LogP contribution in [0.5, 0.6) is 0 Å². The molecule has 0 spiro atoms. The SMILES string of the molecule is CC(CC(=O)N1CCc2cc(N)ccc21)C(C)(C)C. The lowest BCUT2D eigenvalue weighted by molar-refractivity contribution is -0.120. The number of carbonyl (C=O) groups is 1. The summed E-state index contributed by atoms with van der Waals surface area (Å²) in [5.74, 6) is 0.601. The molecule has 2 N–H and O–H groups in total. The summed E-state index contributed by atoms with van der Waals surface area (Å²) in [5.41, 5.74) is 8.96. The first-order valence-corrected chi connectivity index (χ1v) is 6.98. The molecular weight excluding hydrogens is 236 g/mol. The Morgan fingerprint density at radius 2 is 2.11 bits per heavy atom. The van der Waals surface area contributed by atoms with Crippen molar-refractivity contribution in [2.24, 2.45) is 11.3 Å². The number of amides is 1. The van der Waals surface area contributed by atoms with Crippen molar-refractivity contribution in [1.29, 1.82) is 0 Å². The molecule has 0 saturated carbocycles. The lowest BCUT2D eigenvalue weighted by Crippen LogP contribution is -2.32. The maximum Gasteiger partial charge on any atom is 0.227 e. The third-order valence-electron chi connectivity index (χ3n) is 4.26. The third-order valence-corrected chi connectivity index (χ3v) is 4.26. The van der Waals surface area contributed by atoms with Crippen LogP contribution < -0.4 is 10.6 Å². The Bertz CT molecular complexity index is 488. The minimum atomic E-state index is 0.166. The van der Waals surface area contributed by atoms with E-state index in [-0.39, 0.29) is 11.3 Å². The van der Waals surface area contributed by atoms with E-state index in [1.165, 1.54) is 5.56 Å². The van der Waals surface area contributed by atoms with Crippen molar-refractivity contribution in [3.05, 3.63) is 23.8 Å². The highest BCUT2D eigenvalue weighted by molar-refractivity contribution is 5.95. The molecule has 0 bridgehead atoms. The largest absolute Gasteiger partial charge is 0.399 e. The number of hydrogen-bond donors (Lipinski definition) is 1. The topological polar surface area (TPSA) is 46.3 Å². The van der Waals surface area contributed by atoms with Gasteiger partial charge in [0.1, 0.15) is 0 Å². The van der Waals surface area contributed by atoms with Gasteiger partial charge in [-0.3, -0.25) is 4.79 Å². The van der Waals surface area contributed by atoms with Crippen molar-refractivity contribution in [2.45, 2.75) is 40.5 Å². The lowest BCUT2D eigenvalue weighted by Gasteiger charge is -2.28. The fourth-order valence-electron chi connectivity index (χ4n) is 2.36. The average molecular weight is 260 g/mol. The Kier molecular flexibility index (Phi) is 3.57. The molecule has 19 heavy (non-hydrogen) atoms. The van der Waals surface area contributed by atoms with Gasteiger partial charge >= 0.3 is 0 Å². The zero-order chi connectivity index (χ0) is 14.2. The van der Waals surface area contributed by atoms with Crippen molar-refractivity contribution in [3.63, 3.8) is 0 Å². The standard InChI is InChI=1S/C16H24N2O/c1-11(16(2,3)4)9-15(19)18-8-7-12-10-13(17)5-6-14(12)18/h5-6,10-11H,7-9,17H2,1-4H3. The maximum atomic E-state index is 12.4. The number of nitrogens with two attached hydrogens (primary N) is 1. The quantitative estimate of drug-likeness (QED) is 0.830.